The van der Waals surface area contributed by atoms with Crippen molar-refractivity contribution in [1.29, 1.82) is 0 Å². The molecule has 0 aromatic heterocycles. The summed E-state index contributed by atoms with van der Waals surface area (Å²) in [4.78, 5) is 1.99. The highest BCUT2D eigenvalue weighted by Gasteiger charge is 2.32. The Labute approximate surface area is 111 Å². The van der Waals surface area contributed by atoms with Crippen molar-refractivity contribution >= 4 is 5.69 Å². The molecule has 0 radical (unpaired) electrons. The second-order valence-corrected chi connectivity index (χ2v) is 4.89. The molecule has 0 spiro atoms. The second kappa shape index (κ2) is 5.41. The number of anilines is 1. The molecule has 0 unspecified atom stereocenters. The lowest BCUT2D eigenvalue weighted by molar-refractivity contribution is -0.137. The van der Waals surface area contributed by atoms with Crippen LogP contribution in [0.1, 0.15) is 23.1 Å². The van der Waals surface area contributed by atoms with Crippen LogP contribution in [-0.2, 0) is 10.9 Å². The van der Waals surface area contributed by atoms with Crippen molar-refractivity contribution in [3.8, 4) is 0 Å². The van der Waals surface area contributed by atoms with Crippen LogP contribution in [0.4, 0.5) is 18.9 Å². The van der Waals surface area contributed by atoms with Crippen molar-refractivity contribution in [2.24, 2.45) is 0 Å². The first-order valence-electron chi connectivity index (χ1n) is 6.41. The topological polar surface area (TPSA) is 12.5 Å². The van der Waals surface area contributed by atoms with Crippen molar-refractivity contribution in [2.75, 3.05) is 31.2 Å². The number of benzene rings is 1. The van der Waals surface area contributed by atoms with Crippen molar-refractivity contribution in [2.45, 2.75) is 26.4 Å². The third-order valence-corrected chi connectivity index (χ3v) is 3.53. The number of ether oxygens (including phenoxy) is 1. The molecule has 0 aliphatic carbocycles. The predicted molar refractivity (Wildman–Crippen MR) is 68.6 cm³/mol. The maximum atomic E-state index is 12.9. The molecule has 1 aliphatic heterocycles. The standard InChI is InChI=1S/C14H18F3NO/c1-10-8-12(14(15,16)17)9-13(11(10)2)18-4-3-6-19-7-5-18/h8-9H,3-7H2,1-2H3. The van der Waals surface area contributed by atoms with E-state index in [1.807, 2.05) is 11.8 Å². The molecule has 0 N–H and O–H groups in total. The number of hydrogen-bond acceptors (Lipinski definition) is 2. The van der Waals surface area contributed by atoms with Gasteiger partial charge in [0.25, 0.3) is 0 Å². The summed E-state index contributed by atoms with van der Waals surface area (Å²) in [5.41, 5.74) is 1.69. The lowest BCUT2D eigenvalue weighted by atomic mass is 10.0. The van der Waals surface area contributed by atoms with Gasteiger partial charge >= 0.3 is 6.18 Å². The number of aryl methyl sites for hydroxylation is 1. The zero-order valence-corrected chi connectivity index (χ0v) is 11.2. The van der Waals surface area contributed by atoms with Gasteiger partial charge in [-0.15, -0.1) is 0 Å². The van der Waals surface area contributed by atoms with Crippen LogP contribution in [0.5, 0.6) is 0 Å². The Morgan fingerprint density at radius 3 is 2.53 bits per heavy atom. The molecule has 2 rings (SSSR count). The fourth-order valence-electron chi connectivity index (χ4n) is 2.32. The molecule has 0 saturated carbocycles. The van der Waals surface area contributed by atoms with Crippen LogP contribution in [0.15, 0.2) is 12.1 Å². The van der Waals surface area contributed by atoms with Crippen molar-refractivity contribution in [1.82, 2.24) is 0 Å². The molecule has 2 nitrogen and oxygen atoms in total. The molecule has 0 bridgehead atoms. The summed E-state index contributed by atoms with van der Waals surface area (Å²) in [5.74, 6) is 0. The van der Waals surface area contributed by atoms with Crippen LogP contribution in [0.25, 0.3) is 0 Å². The van der Waals surface area contributed by atoms with Crippen molar-refractivity contribution in [3.05, 3.63) is 28.8 Å². The Balaban J connectivity index is 2.40. The minimum absolute atomic E-state index is 0.564. The van der Waals surface area contributed by atoms with Gasteiger partial charge in [-0.25, -0.2) is 0 Å². The Kier molecular flexibility index (Phi) is 4.04. The van der Waals surface area contributed by atoms with Gasteiger partial charge in [-0.3, -0.25) is 0 Å². The first-order valence-corrected chi connectivity index (χ1v) is 6.41. The Morgan fingerprint density at radius 2 is 1.84 bits per heavy atom. The van der Waals surface area contributed by atoms with Gasteiger partial charge in [0.2, 0.25) is 0 Å². The summed E-state index contributed by atoms with van der Waals surface area (Å²) < 4.78 is 44.0. The fourth-order valence-corrected chi connectivity index (χ4v) is 2.32. The summed E-state index contributed by atoms with van der Waals surface area (Å²) in [6.07, 6.45) is -3.45. The Bertz CT molecular complexity index is 449. The monoisotopic (exact) mass is 273 g/mol. The van der Waals surface area contributed by atoms with E-state index in [0.29, 0.717) is 31.0 Å². The molecule has 1 fully saturated rings. The van der Waals surface area contributed by atoms with Gasteiger partial charge in [0, 0.05) is 25.4 Å². The van der Waals surface area contributed by atoms with E-state index in [1.165, 1.54) is 12.1 Å². The molecule has 19 heavy (non-hydrogen) atoms. The van der Waals surface area contributed by atoms with E-state index >= 15 is 0 Å². The molecule has 1 saturated heterocycles. The summed E-state index contributed by atoms with van der Waals surface area (Å²) in [5, 5.41) is 0. The molecular weight excluding hydrogens is 255 g/mol. The van der Waals surface area contributed by atoms with Gasteiger partial charge in [0.15, 0.2) is 0 Å². The molecule has 5 heteroatoms. The lowest BCUT2D eigenvalue weighted by Gasteiger charge is -2.26. The first kappa shape index (κ1) is 14.2. The fraction of sp³-hybridized carbons (Fsp3) is 0.571. The lowest BCUT2D eigenvalue weighted by Crippen LogP contribution is -2.27. The highest BCUT2D eigenvalue weighted by Crippen LogP contribution is 2.35. The average molecular weight is 273 g/mol. The normalized spacial score (nSPS) is 17.4. The molecule has 1 heterocycles. The number of rotatable bonds is 1. The maximum Gasteiger partial charge on any atom is 0.416 e. The smallest absolute Gasteiger partial charge is 0.380 e. The van der Waals surface area contributed by atoms with Gasteiger partial charge < -0.3 is 9.64 Å². The van der Waals surface area contributed by atoms with Crippen LogP contribution in [0.3, 0.4) is 0 Å². The van der Waals surface area contributed by atoms with Gasteiger partial charge in [-0.2, -0.15) is 13.2 Å². The van der Waals surface area contributed by atoms with E-state index < -0.39 is 11.7 Å². The SMILES string of the molecule is Cc1cc(C(F)(F)F)cc(N2CCCOCC2)c1C. The molecule has 1 aliphatic rings. The second-order valence-electron chi connectivity index (χ2n) is 4.89. The van der Waals surface area contributed by atoms with E-state index in [0.717, 1.165) is 18.5 Å². The third kappa shape index (κ3) is 3.21. The summed E-state index contributed by atoms with van der Waals surface area (Å²) in [6, 6.07) is 2.47. The molecule has 106 valence electrons. The number of halogens is 3. The van der Waals surface area contributed by atoms with E-state index in [1.54, 1.807) is 6.92 Å². The van der Waals surface area contributed by atoms with Crippen LogP contribution >= 0.6 is 0 Å². The van der Waals surface area contributed by atoms with Gasteiger partial charge in [0.05, 0.1) is 12.2 Å². The average Bonchev–Trinajstić information content (AvgIpc) is 2.59. The third-order valence-electron chi connectivity index (χ3n) is 3.53. The minimum atomic E-state index is -4.30. The summed E-state index contributed by atoms with van der Waals surface area (Å²) in [7, 11) is 0. The zero-order valence-electron chi connectivity index (χ0n) is 11.2. The van der Waals surface area contributed by atoms with Crippen molar-refractivity contribution in [3.63, 3.8) is 0 Å². The minimum Gasteiger partial charge on any atom is -0.380 e. The van der Waals surface area contributed by atoms with Crippen LogP contribution in [0.2, 0.25) is 0 Å². The summed E-state index contributed by atoms with van der Waals surface area (Å²) >= 11 is 0. The predicted octanol–water partition coefficient (Wildman–Crippen LogP) is 3.55. The highest BCUT2D eigenvalue weighted by molar-refractivity contribution is 5.58. The van der Waals surface area contributed by atoms with Crippen LogP contribution in [0, 0.1) is 13.8 Å². The Morgan fingerprint density at radius 1 is 1.11 bits per heavy atom. The molecule has 0 amide bonds. The zero-order chi connectivity index (χ0) is 14.0. The summed E-state index contributed by atoms with van der Waals surface area (Å²) in [6.45, 7) is 6.21. The Hall–Kier alpha value is -1.23. The molecule has 1 aromatic rings. The van der Waals surface area contributed by atoms with Crippen molar-refractivity contribution < 1.29 is 17.9 Å². The van der Waals surface area contributed by atoms with E-state index in [4.69, 9.17) is 4.74 Å². The molecule has 1 aromatic carbocycles. The van der Waals surface area contributed by atoms with Crippen LogP contribution in [-0.4, -0.2) is 26.3 Å². The highest BCUT2D eigenvalue weighted by atomic mass is 19.4. The first-order chi connectivity index (χ1) is 8.89. The van der Waals surface area contributed by atoms with E-state index in [-0.39, 0.29) is 0 Å². The number of hydrogen-bond donors (Lipinski definition) is 0. The molecule has 0 atom stereocenters. The quantitative estimate of drug-likeness (QED) is 0.776. The van der Waals surface area contributed by atoms with Gasteiger partial charge in [-0.1, -0.05) is 0 Å². The maximum absolute atomic E-state index is 12.9. The van der Waals surface area contributed by atoms with Gasteiger partial charge in [0.1, 0.15) is 0 Å². The number of nitrogens with zero attached hydrogens (tertiary/aromatic N) is 1. The van der Waals surface area contributed by atoms with Gasteiger partial charge in [-0.05, 0) is 43.5 Å². The largest absolute Gasteiger partial charge is 0.416 e. The number of alkyl halides is 3. The molecular formula is C14H18F3NO. The van der Waals surface area contributed by atoms with E-state index in [9.17, 15) is 13.2 Å². The van der Waals surface area contributed by atoms with Crippen LogP contribution < -0.4 is 4.90 Å². The van der Waals surface area contributed by atoms with E-state index in [2.05, 4.69) is 0 Å².